The van der Waals surface area contributed by atoms with Crippen LogP contribution in [0, 0.1) is 0 Å². The van der Waals surface area contributed by atoms with Gasteiger partial charge in [0.25, 0.3) is 5.91 Å². The number of carbonyl (C=O) groups excluding carboxylic acids is 1. The van der Waals surface area contributed by atoms with E-state index in [1.54, 1.807) is 16.9 Å². The molecule has 2 aromatic carbocycles. The van der Waals surface area contributed by atoms with E-state index in [9.17, 15) is 4.79 Å². The van der Waals surface area contributed by atoms with Gasteiger partial charge in [-0.1, -0.05) is 48.5 Å². The molecule has 0 aliphatic heterocycles. The fourth-order valence-corrected chi connectivity index (χ4v) is 2.55. The predicted molar refractivity (Wildman–Crippen MR) is 91.5 cm³/mol. The van der Waals surface area contributed by atoms with Crippen molar-refractivity contribution in [3.8, 4) is 0 Å². The number of rotatable bonds is 5. The van der Waals surface area contributed by atoms with Crippen molar-refractivity contribution in [2.24, 2.45) is 7.05 Å². The van der Waals surface area contributed by atoms with Gasteiger partial charge in [-0.25, -0.2) is 0 Å². The SMILES string of the molecule is Cn1ccc(NC(=O)c2ccccc2CCc2ccccc2)n1. The average Bonchev–Trinajstić information content (AvgIpc) is 2.99. The van der Waals surface area contributed by atoms with E-state index in [-0.39, 0.29) is 5.91 Å². The standard InChI is InChI=1S/C19H19N3O/c1-22-14-13-18(21-22)20-19(23)17-10-6-5-9-16(17)12-11-15-7-3-2-4-8-15/h2-10,13-14H,11-12H2,1H3,(H,20,21,23). The van der Waals surface area contributed by atoms with Crippen LogP contribution in [-0.4, -0.2) is 15.7 Å². The molecule has 3 aromatic rings. The average molecular weight is 305 g/mol. The van der Waals surface area contributed by atoms with Gasteiger partial charge in [-0.15, -0.1) is 0 Å². The number of carbonyl (C=O) groups is 1. The molecule has 0 radical (unpaired) electrons. The second-order valence-electron chi connectivity index (χ2n) is 5.47. The summed E-state index contributed by atoms with van der Waals surface area (Å²) in [5, 5.41) is 7.03. The maximum atomic E-state index is 12.5. The lowest BCUT2D eigenvalue weighted by molar-refractivity contribution is 0.102. The molecule has 1 amide bonds. The highest BCUT2D eigenvalue weighted by atomic mass is 16.1. The van der Waals surface area contributed by atoms with E-state index in [1.165, 1.54) is 5.56 Å². The largest absolute Gasteiger partial charge is 0.305 e. The zero-order valence-electron chi connectivity index (χ0n) is 13.1. The predicted octanol–water partition coefficient (Wildman–Crippen LogP) is 3.46. The highest BCUT2D eigenvalue weighted by molar-refractivity contribution is 6.04. The fourth-order valence-electron chi connectivity index (χ4n) is 2.55. The Morgan fingerprint density at radius 1 is 1.00 bits per heavy atom. The second-order valence-corrected chi connectivity index (χ2v) is 5.47. The molecule has 0 fully saturated rings. The first-order valence-corrected chi connectivity index (χ1v) is 7.65. The molecule has 1 heterocycles. The van der Waals surface area contributed by atoms with E-state index in [2.05, 4.69) is 22.5 Å². The molecule has 0 saturated heterocycles. The number of aryl methyl sites for hydroxylation is 3. The first-order valence-electron chi connectivity index (χ1n) is 7.65. The molecule has 0 aliphatic carbocycles. The van der Waals surface area contributed by atoms with E-state index in [0.717, 1.165) is 18.4 Å². The van der Waals surface area contributed by atoms with Gasteiger partial charge in [-0.05, 0) is 30.0 Å². The molecule has 1 N–H and O–H groups in total. The van der Waals surface area contributed by atoms with Crippen LogP contribution in [0.1, 0.15) is 21.5 Å². The first-order chi connectivity index (χ1) is 11.2. The van der Waals surface area contributed by atoms with Crippen LogP contribution in [-0.2, 0) is 19.9 Å². The van der Waals surface area contributed by atoms with Gasteiger partial charge in [-0.2, -0.15) is 5.10 Å². The normalized spacial score (nSPS) is 10.5. The zero-order chi connectivity index (χ0) is 16.1. The number of benzene rings is 2. The van der Waals surface area contributed by atoms with Crippen LogP contribution < -0.4 is 5.32 Å². The Kier molecular flexibility index (Phi) is 4.52. The van der Waals surface area contributed by atoms with Crippen molar-refractivity contribution in [3.63, 3.8) is 0 Å². The monoisotopic (exact) mass is 305 g/mol. The van der Waals surface area contributed by atoms with Crippen LogP contribution in [0.5, 0.6) is 0 Å². The van der Waals surface area contributed by atoms with E-state index in [0.29, 0.717) is 11.4 Å². The fraction of sp³-hybridized carbons (Fsp3) is 0.158. The molecular weight excluding hydrogens is 286 g/mol. The van der Waals surface area contributed by atoms with Crippen LogP contribution in [0.2, 0.25) is 0 Å². The summed E-state index contributed by atoms with van der Waals surface area (Å²) in [5.74, 6) is 0.447. The minimum absolute atomic E-state index is 0.118. The molecule has 23 heavy (non-hydrogen) atoms. The Morgan fingerprint density at radius 3 is 2.48 bits per heavy atom. The number of nitrogens with one attached hydrogen (secondary N) is 1. The third kappa shape index (κ3) is 3.86. The first kappa shape index (κ1) is 15.0. The third-order valence-electron chi connectivity index (χ3n) is 3.74. The summed E-state index contributed by atoms with van der Waals surface area (Å²) in [6.45, 7) is 0. The maximum absolute atomic E-state index is 12.5. The molecule has 4 nitrogen and oxygen atoms in total. The van der Waals surface area contributed by atoms with Gasteiger partial charge in [0.1, 0.15) is 0 Å². The third-order valence-corrected chi connectivity index (χ3v) is 3.74. The van der Waals surface area contributed by atoms with Crippen molar-refractivity contribution >= 4 is 11.7 Å². The van der Waals surface area contributed by atoms with Crippen LogP contribution in [0.4, 0.5) is 5.82 Å². The molecule has 3 rings (SSSR count). The molecule has 0 atom stereocenters. The number of hydrogen-bond acceptors (Lipinski definition) is 2. The Morgan fingerprint density at radius 2 is 1.74 bits per heavy atom. The Labute approximate surface area is 135 Å². The van der Waals surface area contributed by atoms with Crippen LogP contribution in [0.3, 0.4) is 0 Å². The summed E-state index contributed by atoms with van der Waals surface area (Å²) < 4.78 is 1.66. The van der Waals surface area contributed by atoms with Gasteiger partial charge >= 0.3 is 0 Å². The van der Waals surface area contributed by atoms with Crippen molar-refractivity contribution in [1.82, 2.24) is 9.78 Å². The van der Waals surface area contributed by atoms with Crippen molar-refractivity contribution < 1.29 is 4.79 Å². The Balaban J connectivity index is 1.73. The minimum atomic E-state index is -0.118. The van der Waals surface area contributed by atoms with Crippen LogP contribution in [0.25, 0.3) is 0 Å². The number of anilines is 1. The molecule has 0 saturated carbocycles. The van der Waals surface area contributed by atoms with Gasteiger partial charge in [0, 0.05) is 24.9 Å². The molecule has 0 unspecified atom stereocenters. The van der Waals surface area contributed by atoms with Crippen molar-refractivity contribution in [3.05, 3.63) is 83.6 Å². The Bertz CT molecular complexity index is 793. The topological polar surface area (TPSA) is 46.9 Å². The van der Waals surface area contributed by atoms with E-state index in [4.69, 9.17) is 0 Å². The second kappa shape index (κ2) is 6.92. The van der Waals surface area contributed by atoms with Crippen molar-refractivity contribution in [2.45, 2.75) is 12.8 Å². The molecule has 0 spiro atoms. The van der Waals surface area contributed by atoms with E-state index in [1.807, 2.05) is 49.5 Å². The molecule has 0 bridgehead atoms. The quantitative estimate of drug-likeness (QED) is 0.784. The van der Waals surface area contributed by atoms with Crippen LogP contribution in [0.15, 0.2) is 66.9 Å². The number of amides is 1. The molecule has 0 aliphatic rings. The van der Waals surface area contributed by atoms with Gasteiger partial charge in [0.15, 0.2) is 5.82 Å². The van der Waals surface area contributed by atoms with Crippen molar-refractivity contribution in [1.29, 1.82) is 0 Å². The summed E-state index contributed by atoms with van der Waals surface area (Å²) >= 11 is 0. The summed E-state index contributed by atoms with van der Waals surface area (Å²) in [4.78, 5) is 12.5. The molecule has 4 heteroatoms. The molecule has 1 aromatic heterocycles. The lowest BCUT2D eigenvalue weighted by Crippen LogP contribution is -2.15. The van der Waals surface area contributed by atoms with Gasteiger partial charge in [0.2, 0.25) is 0 Å². The van der Waals surface area contributed by atoms with Gasteiger partial charge in [0.05, 0.1) is 0 Å². The zero-order valence-corrected chi connectivity index (χ0v) is 13.1. The van der Waals surface area contributed by atoms with E-state index >= 15 is 0 Å². The van der Waals surface area contributed by atoms with Gasteiger partial charge in [-0.3, -0.25) is 9.48 Å². The Hall–Kier alpha value is -2.88. The summed E-state index contributed by atoms with van der Waals surface area (Å²) in [6.07, 6.45) is 3.54. The number of aromatic nitrogens is 2. The highest BCUT2D eigenvalue weighted by Gasteiger charge is 2.12. The smallest absolute Gasteiger partial charge is 0.257 e. The highest BCUT2D eigenvalue weighted by Crippen LogP contribution is 2.14. The number of hydrogen-bond donors (Lipinski definition) is 1. The minimum Gasteiger partial charge on any atom is -0.305 e. The van der Waals surface area contributed by atoms with Gasteiger partial charge < -0.3 is 5.32 Å². The molecular formula is C19H19N3O. The summed E-state index contributed by atoms with van der Waals surface area (Å²) in [7, 11) is 1.82. The van der Waals surface area contributed by atoms with Crippen LogP contribution >= 0.6 is 0 Å². The lowest BCUT2D eigenvalue weighted by Gasteiger charge is -2.09. The summed E-state index contributed by atoms with van der Waals surface area (Å²) in [6, 6.07) is 19.8. The lowest BCUT2D eigenvalue weighted by atomic mass is 9.99. The van der Waals surface area contributed by atoms with Crippen molar-refractivity contribution in [2.75, 3.05) is 5.32 Å². The molecule has 116 valence electrons. The summed E-state index contributed by atoms with van der Waals surface area (Å²) in [5.41, 5.74) is 3.02. The van der Waals surface area contributed by atoms with E-state index < -0.39 is 0 Å². The maximum Gasteiger partial charge on any atom is 0.257 e. The number of nitrogens with zero attached hydrogens (tertiary/aromatic N) is 2.